The number of thiophene rings is 1. The summed E-state index contributed by atoms with van der Waals surface area (Å²) < 4.78 is 0. The second-order valence-corrected chi connectivity index (χ2v) is 8.48. The molecule has 1 atom stereocenters. The van der Waals surface area contributed by atoms with Crippen molar-refractivity contribution in [2.24, 2.45) is 11.3 Å². The summed E-state index contributed by atoms with van der Waals surface area (Å²) in [6.45, 7) is 2.08. The maximum atomic E-state index is 12.5. The molecule has 2 amide bonds. The molecule has 2 heterocycles. The van der Waals surface area contributed by atoms with Gasteiger partial charge in [0, 0.05) is 36.5 Å². The van der Waals surface area contributed by atoms with Crippen molar-refractivity contribution in [2.75, 3.05) is 13.1 Å². The van der Waals surface area contributed by atoms with Crippen LogP contribution in [-0.2, 0) is 16.1 Å². The molecule has 1 aliphatic heterocycles. The fraction of sp³-hybridized carbons (Fsp3) is 0.364. The van der Waals surface area contributed by atoms with Crippen molar-refractivity contribution < 1.29 is 9.59 Å². The zero-order chi connectivity index (χ0) is 18.7. The number of nitrogens with zero attached hydrogens (tertiary/aromatic N) is 1. The number of amides is 2. The lowest BCUT2D eigenvalue weighted by atomic mass is 9.90. The number of hydrogen-bond donors (Lipinski definition) is 1. The SMILES string of the molecule is O=C(NCc1ccccc1)C1CC12CCN(C(=O)/C=C/c1cccs1)CC2. The van der Waals surface area contributed by atoms with E-state index >= 15 is 0 Å². The lowest BCUT2D eigenvalue weighted by molar-refractivity contribution is -0.127. The van der Waals surface area contributed by atoms with Crippen molar-refractivity contribution in [2.45, 2.75) is 25.8 Å². The van der Waals surface area contributed by atoms with Gasteiger partial charge in [-0.25, -0.2) is 0 Å². The Labute approximate surface area is 163 Å². The van der Waals surface area contributed by atoms with Crippen LogP contribution in [0.2, 0.25) is 0 Å². The largest absolute Gasteiger partial charge is 0.352 e. The predicted octanol–water partition coefficient (Wildman–Crippen LogP) is 3.71. The third-order valence-corrected chi connectivity index (χ3v) is 6.66. The minimum atomic E-state index is 0.0731. The van der Waals surface area contributed by atoms with Crippen molar-refractivity contribution in [3.63, 3.8) is 0 Å². The molecule has 1 spiro atoms. The minimum Gasteiger partial charge on any atom is -0.352 e. The fourth-order valence-electron chi connectivity index (χ4n) is 4.00. The number of benzene rings is 1. The molecular formula is C22H24N2O2S. The lowest BCUT2D eigenvalue weighted by Crippen LogP contribution is -2.39. The molecule has 2 aromatic rings. The molecule has 1 saturated carbocycles. The van der Waals surface area contributed by atoms with Crippen LogP contribution < -0.4 is 5.32 Å². The average Bonchev–Trinajstić information content (AvgIpc) is 3.14. The average molecular weight is 381 g/mol. The van der Waals surface area contributed by atoms with Crippen LogP contribution in [0.25, 0.3) is 6.08 Å². The van der Waals surface area contributed by atoms with E-state index in [9.17, 15) is 9.59 Å². The Morgan fingerprint density at radius 2 is 1.93 bits per heavy atom. The van der Waals surface area contributed by atoms with Gasteiger partial charge in [0.25, 0.3) is 0 Å². The summed E-state index contributed by atoms with van der Waals surface area (Å²) in [5, 5.41) is 5.08. The molecule has 5 heteroatoms. The van der Waals surface area contributed by atoms with E-state index in [0.29, 0.717) is 6.54 Å². The van der Waals surface area contributed by atoms with E-state index in [0.717, 1.165) is 42.8 Å². The summed E-state index contributed by atoms with van der Waals surface area (Å²) in [6.07, 6.45) is 6.36. The second kappa shape index (κ2) is 7.69. The highest BCUT2D eigenvalue weighted by Crippen LogP contribution is 2.59. The van der Waals surface area contributed by atoms with Gasteiger partial charge >= 0.3 is 0 Å². The molecule has 140 valence electrons. The Morgan fingerprint density at radius 1 is 1.15 bits per heavy atom. The Morgan fingerprint density at radius 3 is 2.63 bits per heavy atom. The smallest absolute Gasteiger partial charge is 0.246 e. The Balaban J connectivity index is 1.24. The molecule has 1 aromatic carbocycles. The third kappa shape index (κ3) is 4.14. The molecule has 1 aromatic heterocycles. The van der Waals surface area contributed by atoms with E-state index in [4.69, 9.17) is 0 Å². The van der Waals surface area contributed by atoms with Gasteiger partial charge in [0.2, 0.25) is 11.8 Å². The molecule has 0 radical (unpaired) electrons. The fourth-order valence-corrected chi connectivity index (χ4v) is 4.61. The van der Waals surface area contributed by atoms with E-state index in [1.807, 2.05) is 58.8 Å². The zero-order valence-electron chi connectivity index (χ0n) is 15.3. The van der Waals surface area contributed by atoms with E-state index in [2.05, 4.69) is 5.32 Å². The topological polar surface area (TPSA) is 49.4 Å². The minimum absolute atomic E-state index is 0.0731. The molecule has 4 rings (SSSR count). The monoisotopic (exact) mass is 380 g/mol. The highest BCUT2D eigenvalue weighted by atomic mass is 32.1. The van der Waals surface area contributed by atoms with Gasteiger partial charge in [-0.15, -0.1) is 11.3 Å². The van der Waals surface area contributed by atoms with Crippen LogP contribution in [0.3, 0.4) is 0 Å². The normalized spacial score (nSPS) is 20.7. The maximum absolute atomic E-state index is 12.5. The van der Waals surface area contributed by atoms with Crippen molar-refractivity contribution in [3.8, 4) is 0 Å². The number of likely N-dealkylation sites (tertiary alicyclic amines) is 1. The predicted molar refractivity (Wildman–Crippen MR) is 108 cm³/mol. The molecule has 1 N–H and O–H groups in total. The van der Waals surface area contributed by atoms with Gasteiger partial charge in [0.05, 0.1) is 0 Å². The summed E-state index contributed by atoms with van der Waals surface area (Å²) in [6, 6.07) is 14.0. The molecule has 1 saturated heterocycles. The summed E-state index contributed by atoms with van der Waals surface area (Å²) in [5.41, 5.74) is 1.24. The van der Waals surface area contributed by atoms with Gasteiger partial charge < -0.3 is 10.2 Å². The van der Waals surface area contributed by atoms with Crippen molar-refractivity contribution in [3.05, 3.63) is 64.4 Å². The molecule has 1 unspecified atom stereocenters. The number of carbonyl (C=O) groups is 2. The number of nitrogens with one attached hydrogen (secondary N) is 1. The quantitative estimate of drug-likeness (QED) is 0.804. The molecule has 4 nitrogen and oxygen atoms in total. The highest BCUT2D eigenvalue weighted by Gasteiger charge is 2.58. The first-order chi connectivity index (χ1) is 13.2. The van der Waals surface area contributed by atoms with Crippen molar-refractivity contribution in [1.82, 2.24) is 10.2 Å². The van der Waals surface area contributed by atoms with Gasteiger partial charge in [-0.1, -0.05) is 36.4 Å². The molecule has 1 aliphatic carbocycles. The molecule has 2 fully saturated rings. The van der Waals surface area contributed by atoms with Crippen LogP contribution in [0.15, 0.2) is 53.9 Å². The Kier molecular flexibility index (Phi) is 5.12. The first-order valence-corrected chi connectivity index (χ1v) is 10.4. The standard InChI is InChI=1S/C22H24N2O2S/c25-20(9-8-18-7-4-14-27-18)24-12-10-22(11-13-24)15-19(22)21(26)23-16-17-5-2-1-3-6-17/h1-9,14,19H,10-13,15-16H2,(H,23,26)/b9-8+. The summed E-state index contributed by atoms with van der Waals surface area (Å²) >= 11 is 1.63. The summed E-state index contributed by atoms with van der Waals surface area (Å²) in [5.74, 6) is 0.348. The van der Waals surface area contributed by atoms with E-state index < -0.39 is 0 Å². The van der Waals surface area contributed by atoms with Crippen LogP contribution in [0.5, 0.6) is 0 Å². The second-order valence-electron chi connectivity index (χ2n) is 7.50. The van der Waals surface area contributed by atoms with Crippen LogP contribution >= 0.6 is 11.3 Å². The van der Waals surface area contributed by atoms with Gasteiger partial charge in [-0.2, -0.15) is 0 Å². The van der Waals surface area contributed by atoms with E-state index in [1.165, 1.54) is 0 Å². The van der Waals surface area contributed by atoms with Crippen molar-refractivity contribution >= 4 is 29.2 Å². The number of hydrogen-bond acceptors (Lipinski definition) is 3. The highest BCUT2D eigenvalue weighted by molar-refractivity contribution is 7.10. The molecule has 2 aliphatic rings. The maximum Gasteiger partial charge on any atom is 0.246 e. The molecule has 0 bridgehead atoms. The zero-order valence-corrected chi connectivity index (χ0v) is 16.1. The Bertz CT molecular complexity index is 821. The molecular weight excluding hydrogens is 356 g/mol. The van der Waals surface area contributed by atoms with E-state index in [1.54, 1.807) is 17.4 Å². The van der Waals surface area contributed by atoms with Gasteiger partial charge in [0.15, 0.2) is 0 Å². The van der Waals surface area contributed by atoms with Crippen LogP contribution in [0.1, 0.15) is 29.7 Å². The summed E-state index contributed by atoms with van der Waals surface area (Å²) in [4.78, 5) is 27.9. The van der Waals surface area contributed by atoms with Gasteiger partial charge in [-0.3, -0.25) is 9.59 Å². The first kappa shape index (κ1) is 18.0. The third-order valence-electron chi connectivity index (χ3n) is 5.82. The number of piperidine rings is 1. The lowest BCUT2D eigenvalue weighted by Gasteiger charge is -2.32. The van der Waals surface area contributed by atoms with Crippen LogP contribution in [-0.4, -0.2) is 29.8 Å². The molecule has 27 heavy (non-hydrogen) atoms. The van der Waals surface area contributed by atoms with E-state index in [-0.39, 0.29) is 23.1 Å². The summed E-state index contributed by atoms with van der Waals surface area (Å²) in [7, 11) is 0. The van der Waals surface area contributed by atoms with Gasteiger partial charge in [-0.05, 0) is 47.8 Å². The van der Waals surface area contributed by atoms with Crippen LogP contribution in [0.4, 0.5) is 0 Å². The van der Waals surface area contributed by atoms with Gasteiger partial charge in [0.1, 0.15) is 0 Å². The number of carbonyl (C=O) groups excluding carboxylic acids is 2. The Hall–Kier alpha value is -2.40. The van der Waals surface area contributed by atoms with Crippen molar-refractivity contribution in [1.29, 1.82) is 0 Å². The number of rotatable bonds is 5. The van der Waals surface area contributed by atoms with Crippen LogP contribution in [0, 0.1) is 11.3 Å². The first-order valence-electron chi connectivity index (χ1n) is 9.48.